The first-order valence-electron chi connectivity index (χ1n) is 12.2. The number of hydrogen-bond donors (Lipinski definition) is 0. The van der Waals surface area contributed by atoms with Gasteiger partial charge in [0.25, 0.3) is 0 Å². The molecule has 3 aromatic rings. The fourth-order valence-corrected chi connectivity index (χ4v) is 5.76. The molecule has 0 saturated carbocycles. The number of fused-ring (bicyclic) bond motifs is 5. The molecule has 1 aliphatic carbocycles. The zero-order valence-electron chi connectivity index (χ0n) is 20.5. The predicted molar refractivity (Wildman–Crippen MR) is 148 cm³/mol. The molecule has 0 radical (unpaired) electrons. The van der Waals surface area contributed by atoms with Crippen LogP contribution < -0.4 is 4.90 Å². The van der Waals surface area contributed by atoms with E-state index in [0.717, 1.165) is 34.9 Å². The van der Waals surface area contributed by atoms with Crippen molar-refractivity contribution in [2.75, 3.05) is 4.90 Å². The van der Waals surface area contributed by atoms with Gasteiger partial charge in [0.15, 0.2) is 0 Å². The van der Waals surface area contributed by atoms with Crippen molar-refractivity contribution in [3.8, 4) is 0 Å². The zero-order chi connectivity index (χ0) is 24.2. The molecular formula is C32H29N3. The van der Waals surface area contributed by atoms with E-state index in [1.165, 1.54) is 28.0 Å². The molecule has 0 N–H and O–H groups in total. The Labute approximate surface area is 207 Å². The molecule has 3 heteroatoms. The molecule has 0 saturated heterocycles. The minimum absolute atomic E-state index is 0.192. The first-order valence-corrected chi connectivity index (χ1v) is 12.2. The van der Waals surface area contributed by atoms with Crippen molar-refractivity contribution >= 4 is 28.4 Å². The number of nitrogens with zero attached hydrogens (tertiary/aromatic N) is 3. The van der Waals surface area contributed by atoms with Crippen LogP contribution in [0.15, 0.2) is 113 Å². The highest BCUT2D eigenvalue weighted by Crippen LogP contribution is 2.55. The molecule has 35 heavy (non-hydrogen) atoms. The van der Waals surface area contributed by atoms with E-state index in [2.05, 4.69) is 105 Å². The van der Waals surface area contributed by atoms with Gasteiger partial charge in [0, 0.05) is 22.3 Å². The van der Waals surface area contributed by atoms with E-state index in [4.69, 9.17) is 9.98 Å². The van der Waals surface area contributed by atoms with E-state index in [-0.39, 0.29) is 11.5 Å². The lowest BCUT2D eigenvalue weighted by molar-refractivity contribution is 0.723. The van der Waals surface area contributed by atoms with Crippen LogP contribution in [0.4, 0.5) is 11.4 Å². The van der Waals surface area contributed by atoms with Crippen LogP contribution in [0.1, 0.15) is 49.4 Å². The molecule has 1 unspecified atom stereocenters. The molecule has 3 nitrogen and oxygen atoms in total. The summed E-state index contributed by atoms with van der Waals surface area (Å²) in [6.07, 6.45) is 7.60. The minimum Gasteiger partial charge on any atom is -0.318 e. The number of allylic oxidation sites excluding steroid dienone is 2. The Bertz CT molecular complexity index is 1450. The molecule has 3 aliphatic rings. The predicted octanol–water partition coefficient (Wildman–Crippen LogP) is 7.61. The molecule has 6 rings (SSSR count). The summed E-state index contributed by atoms with van der Waals surface area (Å²) in [6.45, 7) is 11.1. The van der Waals surface area contributed by atoms with E-state index in [1.54, 1.807) is 0 Å². The number of aliphatic imine (C=N–C) groups is 2. The molecular weight excluding hydrogens is 426 g/mol. The number of rotatable bonds is 4. The van der Waals surface area contributed by atoms with Crippen LogP contribution in [0.3, 0.4) is 0 Å². The molecule has 172 valence electrons. The highest BCUT2D eigenvalue weighted by molar-refractivity contribution is 6.14. The minimum atomic E-state index is -0.250. The third-order valence-corrected chi connectivity index (χ3v) is 7.41. The second kappa shape index (κ2) is 8.06. The lowest BCUT2D eigenvalue weighted by Crippen LogP contribution is -2.33. The van der Waals surface area contributed by atoms with Crippen LogP contribution in [0.2, 0.25) is 0 Å². The van der Waals surface area contributed by atoms with Gasteiger partial charge in [-0.15, -0.1) is 0 Å². The van der Waals surface area contributed by atoms with Crippen molar-refractivity contribution in [1.29, 1.82) is 0 Å². The van der Waals surface area contributed by atoms with E-state index in [9.17, 15) is 0 Å². The van der Waals surface area contributed by atoms with E-state index >= 15 is 0 Å². The molecule has 2 heterocycles. The van der Waals surface area contributed by atoms with Crippen molar-refractivity contribution in [3.63, 3.8) is 0 Å². The lowest BCUT2D eigenvalue weighted by atomic mass is 9.77. The van der Waals surface area contributed by atoms with Crippen molar-refractivity contribution < 1.29 is 0 Å². The highest BCUT2D eigenvalue weighted by Gasteiger charge is 2.45. The molecule has 3 aromatic carbocycles. The monoisotopic (exact) mass is 455 g/mol. The van der Waals surface area contributed by atoms with Gasteiger partial charge in [-0.3, -0.25) is 4.99 Å². The summed E-state index contributed by atoms with van der Waals surface area (Å²) in [7, 11) is 0. The van der Waals surface area contributed by atoms with Gasteiger partial charge in [-0.05, 0) is 50.0 Å². The fourth-order valence-electron chi connectivity index (χ4n) is 5.76. The van der Waals surface area contributed by atoms with E-state index < -0.39 is 0 Å². The number of anilines is 1. The Morgan fingerprint density at radius 1 is 1.00 bits per heavy atom. The second-order valence-corrected chi connectivity index (χ2v) is 9.96. The largest absolute Gasteiger partial charge is 0.318 e. The van der Waals surface area contributed by atoms with Gasteiger partial charge in [0.05, 0.1) is 23.1 Å². The second-order valence-electron chi connectivity index (χ2n) is 9.96. The topological polar surface area (TPSA) is 28.0 Å². The van der Waals surface area contributed by atoms with Gasteiger partial charge in [-0.1, -0.05) is 91.5 Å². The normalized spacial score (nSPS) is 19.6. The summed E-state index contributed by atoms with van der Waals surface area (Å²) >= 11 is 0. The maximum atomic E-state index is 5.16. The van der Waals surface area contributed by atoms with Crippen molar-refractivity contribution in [1.82, 2.24) is 0 Å². The highest BCUT2D eigenvalue weighted by atomic mass is 15.3. The fraction of sp³-hybridized carbons (Fsp3) is 0.188. The Kier molecular flexibility index (Phi) is 4.96. The lowest BCUT2D eigenvalue weighted by Gasteiger charge is -2.32. The molecule has 1 atom stereocenters. The molecule has 0 spiro atoms. The van der Waals surface area contributed by atoms with Crippen LogP contribution in [-0.2, 0) is 5.41 Å². The maximum Gasteiger partial charge on any atom is 0.126 e. The van der Waals surface area contributed by atoms with Crippen LogP contribution in [-0.4, -0.2) is 17.5 Å². The van der Waals surface area contributed by atoms with Gasteiger partial charge in [-0.2, -0.15) is 0 Å². The Morgan fingerprint density at radius 2 is 1.71 bits per heavy atom. The Hall–Kier alpha value is -3.98. The summed E-state index contributed by atoms with van der Waals surface area (Å²) in [5.41, 5.74) is 10.2. The summed E-state index contributed by atoms with van der Waals surface area (Å²) in [5.74, 6) is 0.772. The Balaban J connectivity index is 1.50. The van der Waals surface area contributed by atoms with Gasteiger partial charge < -0.3 is 4.90 Å². The molecule has 0 aromatic heterocycles. The van der Waals surface area contributed by atoms with Crippen LogP contribution in [0.5, 0.6) is 0 Å². The Morgan fingerprint density at radius 3 is 2.46 bits per heavy atom. The van der Waals surface area contributed by atoms with Crippen LogP contribution >= 0.6 is 0 Å². The van der Waals surface area contributed by atoms with E-state index in [0.29, 0.717) is 0 Å². The maximum absolute atomic E-state index is 5.16. The van der Waals surface area contributed by atoms with Crippen molar-refractivity contribution in [2.24, 2.45) is 9.98 Å². The standard InChI is InChI=1S/C32H29N3/c1-21(23-13-7-5-8-14-23)33-22(2)35-28-18-12-11-17-25(28)26-19-20-27-29(30(26)35)32(3,4)31(34-27)24-15-9-6-10-16-24/h5-17,19-20,28H,2,18H2,1,3-4H3/b33-21+. The molecule has 0 bridgehead atoms. The summed E-state index contributed by atoms with van der Waals surface area (Å²) in [6, 6.07) is 25.5. The van der Waals surface area contributed by atoms with E-state index in [1.807, 2.05) is 18.2 Å². The third-order valence-electron chi connectivity index (χ3n) is 7.41. The number of benzene rings is 3. The molecule has 0 fully saturated rings. The first-order chi connectivity index (χ1) is 17.0. The summed E-state index contributed by atoms with van der Waals surface area (Å²) in [4.78, 5) is 12.6. The third kappa shape index (κ3) is 3.34. The van der Waals surface area contributed by atoms with Crippen molar-refractivity contribution in [3.05, 3.63) is 126 Å². The smallest absolute Gasteiger partial charge is 0.126 e. The van der Waals surface area contributed by atoms with Gasteiger partial charge >= 0.3 is 0 Å². The SMILES string of the molecule is C=C(/N=C(\C)c1ccccc1)N1c2c(ccc3c2C(C)(C)C(c2ccccc2)=N3)C2=CC=CCC21. The van der Waals surface area contributed by atoms with Crippen molar-refractivity contribution in [2.45, 2.75) is 38.6 Å². The quantitative estimate of drug-likeness (QED) is 0.372. The average molecular weight is 456 g/mol. The summed E-state index contributed by atoms with van der Waals surface area (Å²) in [5, 5.41) is 0. The van der Waals surface area contributed by atoms with Crippen LogP contribution in [0, 0.1) is 0 Å². The van der Waals surface area contributed by atoms with Gasteiger partial charge in [0.1, 0.15) is 5.82 Å². The molecule has 2 aliphatic heterocycles. The average Bonchev–Trinajstić information content (AvgIpc) is 3.36. The zero-order valence-corrected chi connectivity index (χ0v) is 20.5. The van der Waals surface area contributed by atoms with Gasteiger partial charge in [0.2, 0.25) is 0 Å². The first kappa shape index (κ1) is 21.5. The summed E-state index contributed by atoms with van der Waals surface area (Å²) < 4.78 is 0. The van der Waals surface area contributed by atoms with Crippen LogP contribution in [0.25, 0.3) is 5.57 Å². The van der Waals surface area contributed by atoms with Gasteiger partial charge in [-0.25, -0.2) is 4.99 Å². The number of hydrogen-bond acceptors (Lipinski definition) is 3. The molecule has 0 amide bonds.